The van der Waals surface area contributed by atoms with E-state index in [0.29, 0.717) is 0 Å². The fourth-order valence-electron chi connectivity index (χ4n) is 2.66. The van der Waals surface area contributed by atoms with Crippen molar-refractivity contribution in [2.75, 3.05) is 13.7 Å². The van der Waals surface area contributed by atoms with Gasteiger partial charge >= 0.3 is 17.9 Å². The van der Waals surface area contributed by atoms with Gasteiger partial charge in [0, 0.05) is 0 Å². The van der Waals surface area contributed by atoms with Gasteiger partial charge in [0.15, 0.2) is 0 Å². The number of rotatable bonds is 7. The molecular weight excluding hydrogens is 316 g/mol. The van der Waals surface area contributed by atoms with Crippen molar-refractivity contribution in [2.24, 2.45) is 16.9 Å². The molecule has 0 aliphatic heterocycles. The van der Waals surface area contributed by atoms with Crippen LogP contribution in [0.5, 0.6) is 0 Å². The van der Waals surface area contributed by atoms with Crippen molar-refractivity contribution in [3.05, 3.63) is 0 Å². The second-order valence-electron chi connectivity index (χ2n) is 6.79. The molecule has 0 aromatic heterocycles. The van der Waals surface area contributed by atoms with Crippen LogP contribution >= 0.6 is 0 Å². The Morgan fingerprint density at radius 2 is 1.75 bits per heavy atom. The number of hydrogen-bond acceptors (Lipinski definition) is 8. The van der Waals surface area contributed by atoms with E-state index >= 15 is 0 Å². The van der Waals surface area contributed by atoms with E-state index in [2.05, 4.69) is 23.3 Å². The molecule has 24 heavy (non-hydrogen) atoms. The van der Waals surface area contributed by atoms with Crippen LogP contribution in [0, 0.1) is 5.41 Å². The fraction of sp³-hybridized carbons (Fsp3) is 0.812. The molecule has 4 N–H and O–H groups in total. The third-order valence-corrected chi connectivity index (χ3v) is 4.31. The van der Waals surface area contributed by atoms with E-state index in [0.717, 1.165) is 25.7 Å². The minimum atomic E-state index is -1.27. The summed E-state index contributed by atoms with van der Waals surface area (Å²) < 4.78 is 14.8. The summed E-state index contributed by atoms with van der Waals surface area (Å²) in [4.78, 5) is 34.5. The molecule has 1 unspecified atom stereocenters. The molecule has 0 saturated heterocycles. The summed E-state index contributed by atoms with van der Waals surface area (Å²) in [5.41, 5.74) is 11.2. The summed E-state index contributed by atoms with van der Waals surface area (Å²) in [6.45, 7) is 4.21. The lowest BCUT2D eigenvalue weighted by molar-refractivity contribution is -0.164. The molecule has 1 rings (SSSR count). The van der Waals surface area contributed by atoms with Crippen LogP contribution < -0.4 is 11.5 Å². The quantitative estimate of drug-likeness (QED) is 0.496. The highest BCUT2D eigenvalue weighted by Gasteiger charge is 2.34. The predicted molar refractivity (Wildman–Crippen MR) is 85.7 cm³/mol. The van der Waals surface area contributed by atoms with Gasteiger partial charge in [-0.25, -0.2) is 9.59 Å². The van der Waals surface area contributed by atoms with E-state index in [-0.39, 0.29) is 24.5 Å². The zero-order chi connectivity index (χ0) is 18.3. The van der Waals surface area contributed by atoms with Crippen molar-refractivity contribution in [2.45, 2.75) is 64.1 Å². The zero-order valence-electron chi connectivity index (χ0n) is 14.6. The van der Waals surface area contributed by atoms with E-state index in [1.165, 1.54) is 7.11 Å². The Morgan fingerprint density at radius 3 is 2.33 bits per heavy atom. The van der Waals surface area contributed by atoms with Gasteiger partial charge < -0.3 is 25.7 Å². The molecule has 0 aromatic rings. The second-order valence-corrected chi connectivity index (χ2v) is 6.79. The summed E-state index contributed by atoms with van der Waals surface area (Å²) >= 11 is 0. The topological polar surface area (TPSA) is 131 Å². The first-order valence-corrected chi connectivity index (χ1v) is 8.12. The molecule has 0 bridgehead atoms. The standard InChI is InChI=1S/C16H28N2O6/c1-16(2)7-5-4-6-12(16)23-9-11(18)15(21)24-14(20)10(17)8-13(19)22-3/h10-12H,4-9,17-18H2,1-3H3/t10-,11-,12?/m0/s1. The molecule has 3 atom stereocenters. The average Bonchev–Trinajstić information content (AvgIpc) is 2.52. The number of esters is 3. The first-order chi connectivity index (χ1) is 11.2. The third kappa shape index (κ3) is 6.18. The largest absolute Gasteiger partial charge is 0.469 e. The van der Waals surface area contributed by atoms with E-state index < -0.39 is 30.0 Å². The SMILES string of the molecule is COC(=O)C[C@H](N)C(=O)OC(=O)[C@@H](N)COC1CCCCC1(C)C. The number of carbonyl (C=O) groups is 3. The molecule has 0 radical (unpaired) electrons. The van der Waals surface area contributed by atoms with E-state index in [1.54, 1.807) is 0 Å². The lowest BCUT2D eigenvalue weighted by Crippen LogP contribution is -2.44. The van der Waals surface area contributed by atoms with E-state index in [4.69, 9.17) is 16.2 Å². The number of hydrogen-bond donors (Lipinski definition) is 2. The summed E-state index contributed by atoms with van der Waals surface area (Å²) in [6.07, 6.45) is 3.85. The summed E-state index contributed by atoms with van der Waals surface area (Å²) in [7, 11) is 1.17. The van der Waals surface area contributed by atoms with Gasteiger partial charge in [-0.15, -0.1) is 0 Å². The lowest BCUT2D eigenvalue weighted by atomic mass is 9.75. The highest BCUT2D eigenvalue weighted by atomic mass is 16.6. The molecule has 0 aromatic carbocycles. The van der Waals surface area contributed by atoms with E-state index in [9.17, 15) is 14.4 Å². The number of ether oxygens (including phenoxy) is 3. The molecule has 8 heteroatoms. The molecule has 0 heterocycles. The normalized spacial score (nSPS) is 22.3. The Labute approximate surface area is 142 Å². The molecule has 8 nitrogen and oxygen atoms in total. The molecule has 0 spiro atoms. The summed E-state index contributed by atoms with van der Waals surface area (Å²) in [5, 5.41) is 0. The molecule has 1 aliphatic carbocycles. The van der Waals surface area contributed by atoms with Crippen molar-refractivity contribution in [3.8, 4) is 0 Å². The van der Waals surface area contributed by atoms with Gasteiger partial charge in [-0.05, 0) is 18.3 Å². The number of carbonyl (C=O) groups excluding carboxylic acids is 3. The monoisotopic (exact) mass is 344 g/mol. The smallest absolute Gasteiger partial charge is 0.333 e. The molecule has 1 aliphatic rings. The maximum Gasteiger partial charge on any atom is 0.333 e. The summed E-state index contributed by atoms with van der Waals surface area (Å²) in [5.74, 6) is -2.60. The third-order valence-electron chi connectivity index (χ3n) is 4.31. The van der Waals surface area contributed by atoms with Crippen molar-refractivity contribution in [3.63, 3.8) is 0 Å². The van der Waals surface area contributed by atoms with Gasteiger partial charge in [0.2, 0.25) is 0 Å². The average molecular weight is 344 g/mol. The van der Waals surface area contributed by atoms with Gasteiger partial charge in [0.1, 0.15) is 12.1 Å². The van der Waals surface area contributed by atoms with Crippen molar-refractivity contribution in [1.29, 1.82) is 0 Å². The highest BCUT2D eigenvalue weighted by Crippen LogP contribution is 2.37. The van der Waals surface area contributed by atoms with Gasteiger partial charge in [0.25, 0.3) is 0 Å². The van der Waals surface area contributed by atoms with E-state index in [1.807, 2.05) is 0 Å². The first-order valence-electron chi connectivity index (χ1n) is 8.12. The summed E-state index contributed by atoms with van der Waals surface area (Å²) in [6, 6.07) is -2.36. The number of methoxy groups -OCH3 is 1. The first kappa shape index (κ1) is 20.5. The highest BCUT2D eigenvalue weighted by molar-refractivity contribution is 5.92. The van der Waals surface area contributed by atoms with Crippen LogP contribution in [0.2, 0.25) is 0 Å². The molecule has 138 valence electrons. The Balaban J connectivity index is 2.41. The van der Waals surface area contributed by atoms with Crippen molar-refractivity contribution < 1.29 is 28.6 Å². The Kier molecular flexibility index (Phi) is 7.78. The molecule has 0 amide bonds. The molecule has 1 fully saturated rings. The van der Waals surface area contributed by atoms with Crippen molar-refractivity contribution in [1.82, 2.24) is 0 Å². The van der Waals surface area contributed by atoms with Crippen LogP contribution in [0.1, 0.15) is 46.0 Å². The molecular formula is C16H28N2O6. The molecule has 1 saturated carbocycles. The maximum absolute atomic E-state index is 11.8. The second kappa shape index (κ2) is 9.10. The Hall–Kier alpha value is -1.51. The van der Waals surface area contributed by atoms with Crippen LogP contribution in [0.4, 0.5) is 0 Å². The van der Waals surface area contributed by atoms with Gasteiger partial charge in [-0.3, -0.25) is 4.79 Å². The van der Waals surface area contributed by atoms with Gasteiger partial charge in [-0.2, -0.15) is 0 Å². The van der Waals surface area contributed by atoms with Crippen molar-refractivity contribution >= 4 is 17.9 Å². The van der Waals surface area contributed by atoms with Crippen LogP contribution in [0.3, 0.4) is 0 Å². The maximum atomic E-state index is 11.8. The lowest BCUT2D eigenvalue weighted by Gasteiger charge is -2.38. The minimum absolute atomic E-state index is 0.0161. The van der Waals surface area contributed by atoms with Gasteiger partial charge in [0.05, 0.1) is 26.2 Å². The predicted octanol–water partition coefficient (Wildman–Crippen LogP) is 0.259. The van der Waals surface area contributed by atoms with Crippen LogP contribution in [-0.2, 0) is 28.6 Å². The van der Waals surface area contributed by atoms with Crippen LogP contribution in [0.25, 0.3) is 0 Å². The zero-order valence-corrected chi connectivity index (χ0v) is 14.6. The fourth-order valence-corrected chi connectivity index (χ4v) is 2.66. The van der Waals surface area contributed by atoms with Gasteiger partial charge in [-0.1, -0.05) is 26.7 Å². The minimum Gasteiger partial charge on any atom is -0.469 e. The Morgan fingerprint density at radius 1 is 1.12 bits per heavy atom. The Bertz CT molecular complexity index is 465. The van der Waals surface area contributed by atoms with Crippen LogP contribution in [0.15, 0.2) is 0 Å². The van der Waals surface area contributed by atoms with Crippen LogP contribution in [-0.4, -0.2) is 49.8 Å². The number of nitrogens with two attached hydrogens (primary N) is 2.